The Morgan fingerprint density at radius 3 is 2.60 bits per heavy atom. The molecule has 0 spiro atoms. The zero-order valence-electron chi connectivity index (χ0n) is 10.4. The van der Waals surface area contributed by atoms with Crippen LogP contribution in [0.4, 0.5) is 0 Å². The number of nitrogens with one attached hydrogen (secondary N) is 1. The first-order valence-electron chi connectivity index (χ1n) is 5.67. The van der Waals surface area contributed by atoms with E-state index in [1.807, 2.05) is 0 Å². The van der Waals surface area contributed by atoms with Crippen molar-refractivity contribution in [3.05, 3.63) is 56.8 Å². The number of hydrogen-bond acceptors (Lipinski definition) is 3. The number of carboxylic acid groups (broad SMARTS) is 1. The smallest absolute Gasteiger partial charge is 0.352 e. The average molecular weight is 336 g/mol. The fourth-order valence-electron chi connectivity index (χ4n) is 1.99. The molecule has 0 unspecified atom stereocenters. The van der Waals surface area contributed by atoms with Gasteiger partial charge in [0.25, 0.3) is 0 Å². The lowest BCUT2D eigenvalue weighted by Crippen LogP contribution is -2.05. The van der Waals surface area contributed by atoms with Crippen molar-refractivity contribution in [1.82, 2.24) is 4.98 Å². The Balaban J connectivity index is 2.60. The molecule has 2 N–H and O–H groups in total. The largest absolute Gasteiger partial charge is 0.477 e. The molecule has 5 nitrogen and oxygen atoms in total. The molecule has 0 bridgehead atoms. The SMILES string of the molecule is Cc1c(C(=O)O)[nH]c(C=O)c1C(=O)c1cccc(Br)c1. The van der Waals surface area contributed by atoms with Crippen LogP contribution in [0.25, 0.3) is 0 Å². The van der Waals surface area contributed by atoms with E-state index in [1.54, 1.807) is 24.3 Å². The van der Waals surface area contributed by atoms with Gasteiger partial charge in [0.1, 0.15) is 5.69 Å². The first-order valence-corrected chi connectivity index (χ1v) is 6.46. The monoisotopic (exact) mass is 335 g/mol. The molecular weight excluding hydrogens is 326 g/mol. The highest BCUT2D eigenvalue weighted by molar-refractivity contribution is 9.10. The van der Waals surface area contributed by atoms with Crippen molar-refractivity contribution in [3.63, 3.8) is 0 Å². The maximum absolute atomic E-state index is 12.4. The minimum atomic E-state index is -1.21. The first-order chi connectivity index (χ1) is 9.45. The number of rotatable bonds is 4. The van der Waals surface area contributed by atoms with Gasteiger partial charge in [0.2, 0.25) is 0 Å². The number of carbonyl (C=O) groups excluding carboxylic acids is 2. The lowest BCUT2D eigenvalue weighted by molar-refractivity contribution is 0.0690. The van der Waals surface area contributed by atoms with Crippen LogP contribution in [0.5, 0.6) is 0 Å². The second-order valence-corrected chi connectivity index (χ2v) is 5.09. The van der Waals surface area contributed by atoms with Crippen LogP contribution in [-0.4, -0.2) is 28.1 Å². The quantitative estimate of drug-likeness (QED) is 0.664. The molecule has 20 heavy (non-hydrogen) atoms. The number of halogens is 1. The molecule has 0 radical (unpaired) electrons. The van der Waals surface area contributed by atoms with E-state index in [2.05, 4.69) is 20.9 Å². The molecule has 0 saturated carbocycles. The van der Waals surface area contributed by atoms with Gasteiger partial charge in [-0.1, -0.05) is 28.1 Å². The van der Waals surface area contributed by atoms with Crippen LogP contribution in [0.15, 0.2) is 28.7 Å². The lowest BCUT2D eigenvalue weighted by atomic mass is 9.99. The molecule has 0 aliphatic heterocycles. The second-order valence-electron chi connectivity index (χ2n) is 4.18. The zero-order chi connectivity index (χ0) is 14.9. The van der Waals surface area contributed by atoms with Crippen LogP contribution in [0.1, 0.15) is 42.5 Å². The Bertz CT molecular complexity index is 718. The minimum Gasteiger partial charge on any atom is -0.477 e. The Hall–Kier alpha value is -2.21. The molecule has 2 rings (SSSR count). The second kappa shape index (κ2) is 5.42. The number of aldehydes is 1. The highest BCUT2D eigenvalue weighted by Crippen LogP contribution is 2.22. The standard InChI is InChI=1S/C14H10BrNO4/c1-7-11(10(6-17)16-12(7)14(19)20)13(18)8-3-2-4-9(15)5-8/h2-6,16H,1H3,(H,19,20). The lowest BCUT2D eigenvalue weighted by Gasteiger charge is -2.02. The number of H-pyrrole nitrogens is 1. The van der Waals surface area contributed by atoms with Gasteiger partial charge in [-0.2, -0.15) is 0 Å². The predicted molar refractivity (Wildman–Crippen MR) is 75.5 cm³/mol. The minimum absolute atomic E-state index is 0.0233. The summed E-state index contributed by atoms with van der Waals surface area (Å²) in [6.07, 6.45) is 0.449. The molecule has 0 fully saturated rings. The van der Waals surface area contributed by atoms with Gasteiger partial charge in [-0.3, -0.25) is 9.59 Å². The number of carboxylic acids is 1. The Morgan fingerprint density at radius 1 is 1.35 bits per heavy atom. The molecule has 0 saturated heterocycles. The maximum atomic E-state index is 12.4. The van der Waals surface area contributed by atoms with Gasteiger partial charge < -0.3 is 10.1 Å². The van der Waals surface area contributed by atoms with Gasteiger partial charge in [-0.25, -0.2) is 4.79 Å². The van der Waals surface area contributed by atoms with Crippen molar-refractivity contribution in [2.75, 3.05) is 0 Å². The summed E-state index contributed by atoms with van der Waals surface area (Å²) in [5.74, 6) is -1.60. The average Bonchev–Trinajstić information content (AvgIpc) is 2.75. The normalized spacial score (nSPS) is 10.3. The number of carbonyl (C=O) groups is 3. The van der Waals surface area contributed by atoms with Gasteiger partial charge >= 0.3 is 5.97 Å². The summed E-state index contributed by atoms with van der Waals surface area (Å²) in [6.45, 7) is 1.50. The molecule has 2 aromatic rings. The summed E-state index contributed by atoms with van der Waals surface area (Å²) in [4.78, 5) is 37.0. The van der Waals surface area contributed by atoms with E-state index < -0.39 is 11.8 Å². The van der Waals surface area contributed by atoms with Gasteiger partial charge in [-0.05, 0) is 24.6 Å². The van der Waals surface area contributed by atoms with E-state index >= 15 is 0 Å². The molecule has 0 aliphatic rings. The third-order valence-corrected chi connectivity index (χ3v) is 3.42. The van der Waals surface area contributed by atoms with E-state index in [0.29, 0.717) is 11.8 Å². The van der Waals surface area contributed by atoms with Crippen LogP contribution in [0, 0.1) is 6.92 Å². The summed E-state index contributed by atoms with van der Waals surface area (Å²) < 4.78 is 0.725. The van der Waals surface area contributed by atoms with Crippen molar-refractivity contribution >= 4 is 34.0 Å². The fourth-order valence-corrected chi connectivity index (χ4v) is 2.39. The Labute approximate surface area is 122 Å². The van der Waals surface area contributed by atoms with Crippen LogP contribution in [0.3, 0.4) is 0 Å². The third-order valence-electron chi connectivity index (χ3n) is 2.92. The van der Waals surface area contributed by atoms with Crippen LogP contribution in [-0.2, 0) is 0 Å². The van der Waals surface area contributed by atoms with Gasteiger partial charge in [-0.15, -0.1) is 0 Å². The zero-order valence-corrected chi connectivity index (χ0v) is 12.0. The van der Waals surface area contributed by atoms with Crippen LogP contribution < -0.4 is 0 Å². The van der Waals surface area contributed by atoms with Crippen molar-refractivity contribution in [2.24, 2.45) is 0 Å². The van der Waals surface area contributed by atoms with E-state index in [1.165, 1.54) is 6.92 Å². The van der Waals surface area contributed by atoms with Crippen molar-refractivity contribution in [1.29, 1.82) is 0 Å². The van der Waals surface area contributed by atoms with Crippen LogP contribution >= 0.6 is 15.9 Å². The molecule has 1 aromatic heterocycles. The maximum Gasteiger partial charge on any atom is 0.352 e. The highest BCUT2D eigenvalue weighted by Gasteiger charge is 2.24. The third kappa shape index (κ3) is 2.42. The number of aromatic nitrogens is 1. The molecular formula is C14H10BrNO4. The summed E-state index contributed by atoms with van der Waals surface area (Å²) in [6, 6.07) is 6.68. The topological polar surface area (TPSA) is 87.2 Å². The van der Waals surface area contributed by atoms with E-state index in [-0.39, 0.29) is 22.5 Å². The number of aromatic amines is 1. The van der Waals surface area contributed by atoms with Crippen molar-refractivity contribution in [2.45, 2.75) is 6.92 Å². The first kappa shape index (κ1) is 14.2. The molecule has 1 aromatic carbocycles. The molecule has 1 heterocycles. The summed E-state index contributed by atoms with van der Waals surface area (Å²) >= 11 is 3.26. The van der Waals surface area contributed by atoms with E-state index in [4.69, 9.17) is 5.11 Å². The van der Waals surface area contributed by atoms with Crippen molar-refractivity contribution in [3.8, 4) is 0 Å². The number of ketones is 1. The summed E-state index contributed by atoms with van der Waals surface area (Å²) in [5.41, 5.74) is 0.553. The number of benzene rings is 1. The van der Waals surface area contributed by atoms with Gasteiger partial charge in [0.05, 0.1) is 11.3 Å². The van der Waals surface area contributed by atoms with Crippen molar-refractivity contribution < 1.29 is 19.5 Å². The molecule has 6 heteroatoms. The van der Waals surface area contributed by atoms with Gasteiger partial charge in [0.15, 0.2) is 12.1 Å². The Kier molecular flexibility index (Phi) is 3.85. The fraction of sp³-hybridized carbons (Fsp3) is 0.0714. The Morgan fingerprint density at radius 2 is 2.05 bits per heavy atom. The molecule has 0 atom stereocenters. The van der Waals surface area contributed by atoms with Crippen LogP contribution in [0.2, 0.25) is 0 Å². The number of hydrogen-bond donors (Lipinski definition) is 2. The molecule has 0 amide bonds. The summed E-state index contributed by atoms with van der Waals surface area (Å²) in [5, 5.41) is 9.03. The summed E-state index contributed by atoms with van der Waals surface area (Å²) in [7, 11) is 0. The highest BCUT2D eigenvalue weighted by atomic mass is 79.9. The number of aromatic carboxylic acids is 1. The molecule has 102 valence electrons. The van der Waals surface area contributed by atoms with E-state index in [9.17, 15) is 14.4 Å². The predicted octanol–water partition coefficient (Wildman–Crippen LogP) is 2.83. The van der Waals surface area contributed by atoms with E-state index in [0.717, 1.165) is 4.47 Å². The molecule has 0 aliphatic carbocycles. The van der Waals surface area contributed by atoms with Gasteiger partial charge in [0, 0.05) is 10.0 Å².